The molecule has 4 nitrogen and oxygen atoms in total. The van der Waals surface area contributed by atoms with Gasteiger partial charge in [0.15, 0.2) is 0 Å². The van der Waals surface area contributed by atoms with Gasteiger partial charge in [-0.05, 0) is 24.0 Å². The van der Waals surface area contributed by atoms with Gasteiger partial charge in [-0.2, -0.15) is 0 Å². The second kappa shape index (κ2) is 6.82. The molecule has 1 aliphatic heterocycles. The Balaban J connectivity index is 1.89. The van der Waals surface area contributed by atoms with Crippen molar-refractivity contribution in [3.05, 3.63) is 35.4 Å². The SMILES string of the molecule is NCc1ccccc1CC(=O)NC1CCS(=O)CC1. The Bertz CT molecular complexity index is 466. The van der Waals surface area contributed by atoms with Crippen LogP contribution in [0.3, 0.4) is 0 Å². The molecule has 3 N–H and O–H groups in total. The Morgan fingerprint density at radius 1 is 1.26 bits per heavy atom. The van der Waals surface area contributed by atoms with E-state index < -0.39 is 10.8 Å². The smallest absolute Gasteiger partial charge is 0.224 e. The average Bonchev–Trinajstić information content (AvgIpc) is 2.42. The van der Waals surface area contributed by atoms with Crippen molar-refractivity contribution in [2.24, 2.45) is 5.73 Å². The van der Waals surface area contributed by atoms with Gasteiger partial charge in [-0.1, -0.05) is 24.3 Å². The third-order valence-electron chi connectivity index (χ3n) is 3.44. The molecule has 1 heterocycles. The number of nitrogens with two attached hydrogens (primary N) is 1. The molecule has 0 aliphatic carbocycles. The second-order valence-corrected chi connectivity index (χ2v) is 6.54. The van der Waals surface area contributed by atoms with Crippen LogP contribution in [-0.4, -0.2) is 27.7 Å². The number of rotatable bonds is 4. The predicted octanol–water partition coefficient (Wildman–Crippen LogP) is 0.715. The van der Waals surface area contributed by atoms with E-state index in [9.17, 15) is 9.00 Å². The number of carbonyl (C=O) groups excluding carboxylic acids is 1. The monoisotopic (exact) mass is 280 g/mol. The zero-order valence-corrected chi connectivity index (χ0v) is 11.7. The van der Waals surface area contributed by atoms with Crippen molar-refractivity contribution >= 4 is 16.7 Å². The van der Waals surface area contributed by atoms with Gasteiger partial charge in [0.1, 0.15) is 0 Å². The van der Waals surface area contributed by atoms with Crippen LogP contribution < -0.4 is 11.1 Å². The summed E-state index contributed by atoms with van der Waals surface area (Å²) < 4.78 is 11.3. The number of hydrogen-bond donors (Lipinski definition) is 2. The second-order valence-electron chi connectivity index (χ2n) is 4.84. The Hall–Kier alpha value is -1.20. The minimum atomic E-state index is -0.687. The molecule has 0 bridgehead atoms. The van der Waals surface area contributed by atoms with Gasteiger partial charge in [0.25, 0.3) is 0 Å². The van der Waals surface area contributed by atoms with Crippen LogP contribution in [0.5, 0.6) is 0 Å². The van der Waals surface area contributed by atoms with Gasteiger partial charge in [-0.3, -0.25) is 9.00 Å². The minimum absolute atomic E-state index is 0.0265. The van der Waals surface area contributed by atoms with Crippen molar-refractivity contribution in [3.63, 3.8) is 0 Å². The van der Waals surface area contributed by atoms with E-state index in [1.807, 2.05) is 24.3 Å². The first-order chi connectivity index (χ1) is 9.19. The summed E-state index contributed by atoms with van der Waals surface area (Å²) in [5.74, 6) is 1.42. The molecule has 19 heavy (non-hydrogen) atoms. The van der Waals surface area contributed by atoms with E-state index in [1.54, 1.807) is 0 Å². The first-order valence-corrected chi connectivity index (χ1v) is 8.09. The molecule has 1 aliphatic rings. The summed E-state index contributed by atoms with van der Waals surface area (Å²) in [6.07, 6.45) is 2.00. The molecule has 1 fully saturated rings. The first-order valence-electron chi connectivity index (χ1n) is 6.60. The summed E-state index contributed by atoms with van der Waals surface area (Å²) in [6.45, 7) is 0.450. The molecule has 1 aromatic carbocycles. The Kier molecular flexibility index (Phi) is 5.10. The standard InChI is InChI=1S/C14H20N2O2S/c15-10-12-4-2-1-3-11(12)9-14(17)16-13-5-7-19(18)8-6-13/h1-4,13H,5-10,15H2,(H,16,17). The lowest BCUT2D eigenvalue weighted by atomic mass is 10.0. The molecule has 0 aromatic heterocycles. The summed E-state index contributed by atoms with van der Waals surface area (Å²) in [5.41, 5.74) is 7.66. The Morgan fingerprint density at radius 3 is 2.53 bits per heavy atom. The number of benzene rings is 1. The van der Waals surface area contributed by atoms with Gasteiger partial charge in [-0.25, -0.2) is 0 Å². The lowest BCUT2D eigenvalue weighted by Gasteiger charge is -2.22. The van der Waals surface area contributed by atoms with Crippen molar-refractivity contribution in [1.29, 1.82) is 0 Å². The van der Waals surface area contributed by atoms with E-state index in [0.717, 1.165) is 24.0 Å². The third-order valence-corrected chi connectivity index (χ3v) is 4.82. The molecule has 0 spiro atoms. The van der Waals surface area contributed by atoms with Crippen LogP contribution in [0.15, 0.2) is 24.3 Å². The molecule has 0 atom stereocenters. The van der Waals surface area contributed by atoms with Gasteiger partial charge in [0, 0.05) is 34.9 Å². The van der Waals surface area contributed by atoms with Crippen molar-refractivity contribution in [2.45, 2.75) is 31.8 Å². The Morgan fingerprint density at radius 2 is 1.89 bits per heavy atom. The highest BCUT2D eigenvalue weighted by Gasteiger charge is 2.19. The average molecular weight is 280 g/mol. The molecule has 1 amide bonds. The molecule has 104 valence electrons. The highest BCUT2D eigenvalue weighted by Crippen LogP contribution is 2.11. The van der Waals surface area contributed by atoms with Crippen molar-refractivity contribution < 1.29 is 9.00 Å². The molecule has 0 radical (unpaired) electrons. The van der Waals surface area contributed by atoms with Gasteiger partial charge in [0.2, 0.25) is 5.91 Å². The molecule has 5 heteroatoms. The molecule has 1 saturated heterocycles. The van der Waals surface area contributed by atoms with E-state index in [2.05, 4.69) is 5.32 Å². The van der Waals surface area contributed by atoms with E-state index in [0.29, 0.717) is 24.5 Å². The maximum Gasteiger partial charge on any atom is 0.224 e. The third kappa shape index (κ3) is 4.14. The number of nitrogens with one attached hydrogen (secondary N) is 1. The van der Waals surface area contributed by atoms with Crippen molar-refractivity contribution in [3.8, 4) is 0 Å². The molecule has 0 saturated carbocycles. The lowest BCUT2D eigenvalue weighted by Crippen LogP contribution is -2.40. The predicted molar refractivity (Wildman–Crippen MR) is 77.1 cm³/mol. The zero-order valence-electron chi connectivity index (χ0n) is 10.9. The normalized spacial score (nSPS) is 23.0. The first kappa shape index (κ1) is 14.2. The van der Waals surface area contributed by atoms with E-state index in [-0.39, 0.29) is 11.9 Å². The zero-order chi connectivity index (χ0) is 13.7. The van der Waals surface area contributed by atoms with Gasteiger partial charge < -0.3 is 11.1 Å². The Labute approximate surface area is 116 Å². The van der Waals surface area contributed by atoms with E-state index in [1.165, 1.54) is 0 Å². The highest BCUT2D eigenvalue weighted by atomic mass is 32.2. The quantitative estimate of drug-likeness (QED) is 0.853. The molecular weight excluding hydrogens is 260 g/mol. The van der Waals surface area contributed by atoms with Crippen LogP contribution >= 0.6 is 0 Å². The topological polar surface area (TPSA) is 72.2 Å². The summed E-state index contributed by atoms with van der Waals surface area (Å²) in [6, 6.07) is 7.92. The van der Waals surface area contributed by atoms with E-state index >= 15 is 0 Å². The van der Waals surface area contributed by atoms with Gasteiger partial charge in [0.05, 0.1) is 6.42 Å². The summed E-state index contributed by atoms with van der Waals surface area (Å²) in [4.78, 5) is 12.0. The maximum atomic E-state index is 12.0. The highest BCUT2D eigenvalue weighted by molar-refractivity contribution is 7.85. The summed E-state index contributed by atoms with van der Waals surface area (Å²) in [5, 5.41) is 3.03. The molecular formula is C14H20N2O2S. The van der Waals surface area contributed by atoms with Crippen LogP contribution in [0, 0.1) is 0 Å². The van der Waals surface area contributed by atoms with Gasteiger partial charge in [-0.15, -0.1) is 0 Å². The fraction of sp³-hybridized carbons (Fsp3) is 0.500. The van der Waals surface area contributed by atoms with Crippen LogP contribution in [0.1, 0.15) is 24.0 Å². The summed E-state index contributed by atoms with van der Waals surface area (Å²) >= 11 is 0. The van der Waals surface area contributed by atoms with Crippen molar-refractivity contribution in [1.82, 2.24) is 5.32 Å². The fourth-order valence-electron chi connectivity index (χ4n) is 2.32. The molecule has 0 unspecified atom stereocenters. The number of amides is 1. The fourth-order valence-corrected chi connectivity index (χ4v) is 3.62. The molecule has 2 rings (SSSR count). The van der Waals surface area contributed by atoms with Gasteiger partial charge >= 0.3 is 0 Å². The largest absolute Gasteiger partial charge is 0.353 e. The number of carbonyl (C=O) groups is 1. The van der Waals surface area contributed by atoms with Crippen LogP contribution in [0.2, 0.25) is 0 Å². The number of hydrogen-bond acceptors (Lipinski definition) is 3. The van der Waals surface area contributed by atoms with Crippen LogP contribution in [0.25, 0.3) is 0 Å². The minimum Gasteiger partial charge on any atom is -0.353 e. The lowest BCUT2D eigenvalue weighted by molar-refractivity contribution is -0.121. The van der Waals surface area contributed by atoms with Crippen molar-refractivity contribution in [2.75, 3.05) is 11.5 Å². The maximum absolute atomic E-state index is 12.0. The van der Waals surface area contributed by atoms with Crippen LogP contribution in [0.4, 0.5) is 0 Å². The van der Waals surface area contributed by atoms with E-state index in [4.69, 9.17) is 5.73 Å². The molecule has 1 aromatic rings. The van der Waals surface area contributed by atoms with Crippen LogP contribution in [-0.2, 0) is 28.6 Å². The summed E-state index contributed by atoms with van der Waals surface area (Å²) in [7, 11) is -0.687.